The largest absolute Gasteiger partial charge is 0.497 e. The highest BCUT2D eigenvalue weighted by Gasteiger charge is 2.38. The lowest BCUT2D eigenvalue weighted by atomic mass is 9.72. The van der Waals surface area contributed by atoms with Crippen molar-refractivity contribution in [3.63, 3.8) is 0 Å². The molecule has 2 nitrogen and oxygen atoms in total. The Balaban J connectivity index is 2.46. The fourth-order valence-corrected chi connectivity index (χ4v) is 2.01. The van der Waals surface area contributed by atoms with Crippen LogP contribution in [-0.4, -0.2) is 7.11 Å². The zero-order valence-electron chi connectivity index (χ0n) is 9.47. The van der Waals surface area contributed by atoms with Crippen LogP contribution in [0.2, 0.25) is 0 Å². The predicted octanol–water partition coefficient (Wildman–Crippen LogP) is 3.05. The molecule has 0 bridgehead atoms. The number of hydrogen-bond acceptors (Lipinski definition) is 2. The maximum atomic E-state index is 12.7. The van der Waals surface area contributed by atoms with Gasteiger partial charge in [0.25, 0.3) is 0 Å². The standard InChI is InChI=1S/C12H14F3NO/c1-17-10-6-8(11(16)3-2-4-11)5-9(7-10)12(13,14)15/h5-7H,2-4,16H2,1H3. The summed E-state index contributed by atoms with van der Waals surface area (Å²) in [4.78, 5) is 0. The minimum absolute atomic E-state index is 0.201. The zero-order chi connectivity index (χ0) is 12.7. The number of methoxy groups -OCH3 is 1. The lowest BCUT2D eigenvalue weighted by Crippen LogP contribution is -2.43. The Bertz CT molecular complexity index is 424. The second-order valence-electron chi connectivity index (χ2n) is 4.46. The first-order chi connectivity index (χ1) is 7.85. The molecule has 1 fully saturated rings. The van der Waals surface area contributed by atoms with E-state index in [1.54, 1.807) is 6.07 Å². The summed E-state index contributed by atoms with van der Waals surface area (Å²) in [5, 5.41) is 0. The van der Waals surface area contributed by atoms with Gasteiger partial charge in [-0.1, -0.05) is 0 Å². The van der Waals surface area contributed by atoms with Gasteiger partial charge in [0.2, 0.25) is 0 Å². The molecule has 0 spiro atoms. The van der Waals surface area contributed by atoms with Crippen LogP contribution in [0.25, 0.3) is 0 Å². The van der Waals surface area contributed by atoms with Gasteiger partial charge >= 0.3 is 6.18 Å². The number of benzene rings is 1. The third kappa shape index (κ3) is 2.24. The van der Waals surface area contributed by atoms with E-state index < -0.39 is 17.3 Å². The summed E-state index contributed by atoms with van der Waals surface area (Å²) in [5.41, 5.74) is 5.23. The van der Waals surface area contributed by atoms with Crippen molar-refractivity contribution in [3.05, 3.63) is 29.3 Å². The van der Waals surface area contributed by atoms with Crippen LogP contribution >= 0.6 is 0 Å². The molecule has 1 aliphatic carbocycles. The van der Waals surface area contributed by atoms with Gasteiger partial charge in [0.05, 0.1) is 12.7 Å². The molecule has 0 saturated heterocycles. The molecule has 5 heteroatoms. The van der Waals surface area contributed by atoms with Gasteiger partial charge in [0, 0.05) is 5.54 Å². The number of halogens is 3. The van der Waals surface area contributed by atoms with Crippen molar-refractivity contribution in [1.29, 1.82) is 0 Å². The summed E-state index contributed by atoms with van der Waals surface area (Å²) in [7, 11) is 1.35. The van der Waals surface area contributed by atoms with Gasteiger partial charge in [-0.05, 0) is 43.0 Å². The van der Waals surface area contributed by atoms with Gasteiger partial charge in [0.15, 0.2) is 0 Å². The number of ether oxygens (including phenoxy) is 1. The fraction of sp³-hybridized carbons (Fsp3) is 0.500. The Hall–Kier alpha value is -1.23. The first kappa shape index (κ1) is 12.2. The molecule has 0 atom stereocenters. The Morgan fingerprint density at radius 1 is 1.24 bits per heavy atom. The monoisotopic (exact) mass is 245 g/mol. The van der Waals surface area contributed by atoms with Crippen molar-refractivity contribution < 1.29 is 17.9 Å². The summed E-state index contributed by atoms with van der Waals surface area (Å²) in [5.74, 6) is 0.201. The topological polar surface area (TPSA) is 35.2 Å². The normalized spacial score (nSPS) is 18.6. The predicted molar refractivity (Wildman–Crippen MR) is 57.7 cm³/mol. The van der Waals surface area contributed by atoms with Gasteiger partial charge < -0.3 is 10.5 Å². The number of alkyl halides is 3. The average Bonchev–Trinajstić information content (AvgIpc) is 2.24. The van der Waals surface area contributed by atoms with Crippen LogP contribution in [0.1, 0.15) is 30.4 Å². The van der Waals surface area contributed by atoms with Crippen molar-refractivity contribution >= 4 is 0 Å². The minimum atomic E-state index is -4.37. The van der Waals surface area contributed by atoms with Gasteiger partial charge in [-0.3, -0.25) is 0 Å². The average molecular weight is 245 g/mol. The van der Waals surface area contributed by atoms with Gasteiger partial charge in [-0.25, -0.2) is 0 Å². The quantitative estimate of drug-likeness (QED) is 0.869. The molecule has 1 aromatic rings. The SMILES string of the molecule is COc1cc(C(F)(F)F)cc(C2(N)CCC2)c1. The molecular weight excluding hydrogens is 231 g/mol. The molecule has 0 unspecified atom stereocenters. The summed E-state index contributed by atoms with van der Waals surface area (Å²) >= 11 is 0. The lowest BCUT2D eigenvalue weighted by Gasteiger charge is -2.39. The third-order valence-corrected chi connectivity index (χ3v) is 3.29. The van der Waals surface area contributed by atoms with Crippen LogP contribution in [-0.2, 0) is 11.7 Å². The molecule has 17 heavy (non-hydrogen) atoms. The highest BCUT2D eigenvalue weighted by molar-refractivity contribution is 5.40. The van der Waals surface area contributed by atoms with E-state index >= 15 is 0 Å². The van der Waals surface area contributed by atoms with Gasteiger partial charge in [-0.15, -0.1) is 0 Å². The molecule has 2 N–H and O–H groups in total. The number of rotatable bonds is 2. The van der Waals surface area contributed by atoms with Crippen LogP contribution in [0, 0.1) is 0 Å². The molecule has 2 rings (SSSR count). The van der Waals surface area contributed by atoms with Crippen LogP contribution in [0.4, 0.5) is 13.2 Å². The van der Waals surface area contributed by atoms with E-state index in [0.29, 0.717) is 5.56 Å². The first-order valence-electron chi connectivity index (χ1n) is 5.41. The lowest BCUT2D eigenvalue weighted by molar-refractivity contribution is -0.137. The van der Waals surface area contributed by atoms with Crippen LogP contribution in [0.3, 0.4) is 0 Å². The molecule has 0 aromatic heterocycles. The second-order valence-corrected chi connectivity index (χ2v) is 4.46. The Morgan fingerprint density at radius 3 is 2.29 bits per heavy atom. The van der Waals surface area contributed by atoms with Gasteiger partial charge in [-0.2, -0.15) is 13.2 Å². The van der Waals surface area contributed by atoms with E-state index in [4.69, 9.17) is 10.5 Å². The molecule has 0 amide bonds. The van der Waals surface area contributed by atoms with Crippen molar-refractivity contribution in [2.24, 2.45) is 5.73 Å². The summed E-state index contributed by atoms with van der Waals surface area (Å²) in [6, 6.07) is 3.71. The van der Waals surface area contributed by atoms with Crippen LogP contribution in [0.5, 0.6) is 5.75 Å². The third-order valence-electron chi connectivity index (χ3n) is 3.29. The van der Waals surface area contributed by atoms with E-state index in [0.717, 1.165) is 31.4 Å². The number of hydrogen-bond donors (Lipinski definition) is 1. The number of nitrogens with two attached hydrogens (primary N) is 1. The van der Waals surface area contributed by atoms with Crippen molar-refractivity contribution in [2.45, 2.75) is 31.0 Å². The van der Waals surface area contributed by atoms with Crippen molar-refractivity contribution in [2.75, 3.05) is 7.11 Å². The van der Waals surface area contributed by atoms with E-state index in [2.05, 4.69) is 0 Å². The van der Waals surface area contributed by atoms with E-state index in [-0.39, 0.29) is 5.75 Å². The molecule has 0 heterocycles. The fourth-order valence-electron chi connectivity index (χ4n) is 2.01. The summed E-state index contributed by atoms with van der Waals surface area (Å²) < 4.78 is 43.0. The van der Waals surface area contributed by atoms with E-state index in [1.165, 1.54) is 7.11 Å². The molecule has 94 valence electrons. The Kier molecular flexibility index (Phi) is 2.81. The van der Waals surface area contributed by atoms with E-state index in [1.807, 2.05) is 0 Å². The highest BCUT2D eigenvalue weighted by atomic mass is 19.4. The molecule has 1 aromatic carbocycles. The summed E-state index contributed by atoms with van der Waals surface area (Å²) in [6.07, 6.45) is -1.98. The molecule has 0 radical (unpaired) electrons. The highest BCUT2D eigenvalue weighted by Crippen LogP contribution is 2.42. The van der Waals surface area contributed by atoms with Crippen molar-refractivity contribution in [1.82, 2.24) is 0 Å². The first-order valence-corrected chi connectivity index (χ1v) is 5.41. The van der Waals surface area contributed by atoms with Crippen LogP contribution in [0.15, 0.2) is 18.2 Å². The van der Waals surface area contributed by atoms with Crippen molar-refractivity contribution in [3.8, 4) is 5.75 Å². The smallest absolute Gasteiger partial charge is 0.416 e. The second kappa shape index (κ2) is 3.91. The molecule has 0 aliphatic heterocycles. The maximum absolute atomic E-state index is 12.7. The maximum Gasteiger partial charge on any atom is 0.416 e. The molecular formula is C12H14F3NO. The van der Waals surface area contributed by atoms with Gasteiger partial charge in [0.1, 0.15) is 5.75 Å². The molecule has 1 saturated carbocycles. The van der Waals surface area contributed by atoms with Crippen LogP contribution < -0.4 is 10.5 Å². The summed E-state index contributed by atoms with van der Waals surface area (Å²) in [6.45, 7) is 0. The Morgan fingerprint density at radius 2 is 1.88 bits per heavy atom. The Labute approximate surface area is 97.6 Å². The minimum Gasteiger partial charge on any atom is -0.497 e. The van der Waals surface area contributed by atoms with E-state index in [9.17, 15) is 13.2 Å². The molecule has 1 aliphatic rings. The zero-order valence-corrected chi connectivity index (χ0v) is 9.47.